The van der Waals surface area contributed by atoms with E-state index in [0.29, 0.717) is 12.8 Å². The summed E-state index contributed by atoms with van der Waals surface area (Å²) in [5, 5.41) is 54.1. The van der Waals surface area contributed by atoms with E-state index < -0.39 is 49.5 Å². The number of hydrogen-bond acceptors (Lipinski definition) is 8. The van der Waals surface area contributed by atoms with Gasteiger partial charge in [-0.25, -0.2) is 0 Å². The third-order valence-electron chi connectivity index (χ3n) is 10.2. The zero-order valence-corrected chi connectivity index (χ0v) is 31.7. The van der Waals surface area contributed by atoms with Gasteiger partial charge in [0.15, 0.2) is 6.29 Å². The fourth-order valence-electron chi connectivity index (χ4n) is 6.81. The van der Waals surface area contributed by atoms with Crippen LogP contribution in [0.3, 0.4) is 0 Å². The largest absolute Gasteiger partial charge is 0.394 e. The Bertz CT molecular complexity index is 741. The maximum Gasteiger partial charge on any atom is 0.220 e. The van der Waals surface area contributed by atoms with E-state index in [2.05, 4.69) is 19.2 Å². The van der Waals surface area contributed by atoms with E-state index in [1.54, 1.807) is 0 Å². The first kappa shape index (κ1) is 46.2. The molecule has 0 radical (unpaired) electrons. The fourth-order valence-corrected chi connectivity index (χ4v) is 6.81. The lowest BCUT2D eigenvalue weighted by Gasteiger charge is -2.40. The molecule has 1 saturated heterocycles. The lowest BCUT2D eigenvalue weighted by Crippen LogP contribution is -2.60. The van der Waals surface area contributed by atoms with Gasteiger partial charge in [0.1, 0.15) is 24.4 Å². The van der Waals surface area contributed by atoms with Crippen LogP contribution in [0, 0.1) is 0 Å². The second-order valence-corrected chi connectivity index (χ2v) is 14.8. The number of amides is 1. The molecule has 6 N–H and O–H groups in total. The molecule has 1 aliphatic heterocycles. The van der Waals surface area contributed by atoms with Crippen LogP contribution in [0.25, 0.3) is 0 Å². The van der Waals surface area contributed by atoms with Crippen molar-refractivity contribution in [1.82, 2.24) is 5.32 Å². The van der Waals surface area contributed by atoms with Crippen molar-refractivity contribution >= 4 is 5.91 Å². The van der Waals surface area contributed by atoms with E-state index in [-0.39, 0.29) is 12.5 Å². The van der Waals surface area contributed by atoms with Crippen molar-refractivity contribution in [2.24, 2.45) is 0 Å². The van der Waals surface area contributed by atoms with Gasteiger partial charge in [-0.1, -0.05) is 174 Å². The SMILES string of the molecule is CCCCCCCCCCCCCCCC(=O)N[C@@H](CO[C@@H]1O[C@H](CO)[C@H](O)C(O)C1O)[C@H](O)CCCCCCCCCCCCCCC. The Labute approximate surface area is 300 Å². The number of carbonyl (C=O) groups excluding carboxylic acids is 1. The number of ether oxygens (including phenoxy) is 2. The maximum absolute atomic E-state index is 12.9. The van der Waals surface area contributed by atoms with Gasteiger partial charge >= 0.3 is 0 Å². The molecule has 7 atom stereocenters. The van der Waals surface area contributed by atoms with Gasteiger partial charge < -0.3 is 40.3 Å². The summed E-state index contributed by atoms with van der Waals surface area (Å²) in [7, 11) is 0. The smallest absolute Gasteiger partial charge is 0.220 e. The van der Waals surface area contributed by atoms with Crippen LogP contribution < -0.4 is 5.32 Å². The summed E-state index contributed by atoms with van der Waals surface area (Å²) in [6.45, 7) is 3.82. The second kappa shape index (κ2) is 31.9. The van der Waals surface area contributed by atoms with Crippen molar-refractivity contribution in [2.75, 3.05) is 13.2 Å². The average Bonchev–Trinajstić information content (AvgIpc) is 3.10. The van der Waals surface area contributed by atoms with Crippen LogP contribution in [0.1, 0.15) is 194 Å². The topological polar surface area (TPSA) is 149 Å². The molecule has 1 aliphatic rings. The normalized spacial score (nSPS) is 22.3. The first-order valence-electron chi connectivity index (χ1n) is 20.7. The number of aliphatic hydroxyl groups is 5. The van der Waals surface area contributed by atoms with Gasteiger partial charge in [0, 0.05) is 6.42 Å². The number of carbonyl (C=O) groups is 1. The summed E-state index contributed by atoms with van der Waals surface area (Å²) in [6.07, 6.45) is 25.3. The van der Waals surface area contributed by atoms with Crippen LogP contribution in [0.4, 0.5) is 0 Å². The predicted octanol–water partition coefficient (Wildman–Crippen LogP) is 7.61. The van der Waals surface area contributed by atoms with Gasteiger partial charge in [-0.3, -0.25) is 4.79 Å². The van der Waals surface area contributed by atoms with Crippen LogP contribution in [-0.4, -0.2) is 87.5 Å². The Morgan fingerprint density at radius 1 is 0.612 bits per heavy atom. The van der Waals surface area contributed by atoms with Gasteiger partial charge in [0.25, 0.3) is 0 Å². The van der Waals surface area contributed by atoms with Crippen molar-refractivity contribution < 1.29 is 39.8 Å². The summed E-state index contributed by atoms with van der Waals surface area (Å²) in [5.74, 6) is -0.144. The molecule has 1 rings (SSSR count). The number of nitrogens with one attached hydrogen (secondary N) is 1. The second-order valence-electron chi connectivity index (χ2n) is 14.8. The molecule has 0 spiro atoms. The minimum absolute atomic E-state index is 0.132. The molecule has 9 heteroatoms. The Kier molecular flexibility index (Phi) is 30.1. The average molecular weight is 702 g/mol. The fraction of sp³-hybridized carbons (Fsp3) is 0.975. The van der Waals surface area contributed by atoms with Crippen molar-refractivity contribution in [2.45, 2.75) is 236 Å². The van der Waals surface area contributed by atoms with Gasteiger partial charge in [0.05, 0.1) is 25.4 Å². The van der Waals surface area contributed by atoms with Crippen molar-refractivity contribution in [3.63, 3.8) is 0 Å². The molecule has 0 saturated carbocycles. The van der Waals surface area contributed by atoms with Crippen LogP contribution in [0.2, 0.25) is 0 Å². The van der Waals surface area contributed by atoms with E-state index in [4.69, 9.17) is 9.47 Å². The quantitative estimate of drug-likeness (QED) is 0.0376. The highest BCUT2D eigenvalue weighted by Crippen LogP contribution is 2.23. The van der Waals surface area contributed by atoms with Crippen molar-refractivity contribution in [3.05, 3.63) is 0 Å². The standard InChI is InChI=1S/C40H79NO8/c1-3-5-7-9-11-13-15-17-19-21-23-25-27-29-34(43)33(32-48-40-39(47)38(46)37(45)35(31-42)49-40)41-36(44)30-28-26-24-22-20-18-16-14-12-10-8-6-4-2/h33-35,37-40,42-43,45-47H,3-32H2,1-2H3,(H,41,44)/t33-,34+,35+,37-,38?,39?,40+/m0/s1. The van der Waals surface area contributed by atoms with Gasteiger partial charge in [0.2, 0.25) is 5.91 Å². The highest BCUT2D eigenvalue weighted by atomic mass is 16.7. The molecular weight excluding hydrogens is 622 g/mol. The first-order chi connectivity index (χ1) is 23.8. The highest BCUT2D eigenvalue weighted by Gasteiger charge is 2.44. The van der Waals surface area contributed by atoms with E-state index in [1.807, 2.05) is 0 Å². The van der Waals surface area contributed by atoms with Gasteiger partial charge in [-0.2, -0.15) is 0 Å². The molecule has 0 aromatic carbocycles. The van der Waals surface area contributed by atoms with Crippen molar-refractivity contribution in [3.8, 4) is 0 Å². The molecule has 0 aromatic rings. The number of aliphatic hydroxyl groups excluding tert-OH is 5. The molecule has 2 unspecified atom stereocenters. The van der Waals surface area contributed by atoms with E-state index in [9.17, 15) is 30.3 Å². The molecule has 1 fully saturated rings. The Hall–Kier alpha value is -0.810. The molecule has 0 aliphatic carbocycles. The molecule has 1 amide bonds. The molecule has 9 nitrogen and oxygen atoms in total. The summed E-state index contributed by atoms with van der Waals surface area (Å²) in [6, 6.07) is -0.709. The number of rotatable bonds is 34. The van der Waals surface area contributed by atoms with Crippen LogP contribution >= 0.6 is 0 Å². The third kappa shape index (κ3) is 23.4. The number of unbranched alkanes of at least 4 members (excludes halogenated alkanes) is 24. The predicted molar refractivity (Wildman–Crippen MR) is 198 cm³/mol. The lowest BCUT2D eigenvalue weighted by molar-refractivity contribution is -0.302. The van der Waals surface area contributed by atoms with Crippen LogP contribution in [0.15, 0.2) is 0 Å². The maximum atomic E-state index is 12.9. The van der Waals surface area contributed by atoms with E-state index >= 15 is 0 Å². The summed E-state index contributed by atoms with van der Waals surface area (Å²) >= 11 is 0. The molecule has 0 bridgehead atoms. The number of hydrogen-bond donors (Lipinski definition) is 6. The third-order valence-corrected chi connectivity index (χ3v) is 10.2. The zero-order chi connectivity index (χ0) is 36.0. The highest BCUT2D eigenvalue weighted by molar-refractivity contribution is 5.76. The molecular formula is C40H79NO8. The van der Waals surface area contributed by atoms with Crippen molar-refractivity contribution in [1.29, 1.82) is 0 Å². The Balaban J connectivity index is 2.38. The Morgan fingerprint density at radius 2 is 1.02 bits per heavy atom. The van der Waals surface area contributed by atoms with Gasteiger partial charge in [-0.15, -0.1) is 0 Å². The minimum atomic E-state index is -1.55. The molecule has 292 valence electrons. The molecule has 1 heterocycles. The summed E-state index contributed by atoms with van der Waals surface area (Å²) < 4.78 is 11.2. The Morgan fingerprint density at radius 3 is 1.45 bits per heavy atom. The molecule has 49 heavy (non-hydrogen) atoms. The van der Waals surface area contributed by atoms with Crippen LogP contribution in [0.5, 0.6) is 0 Å². The first-order valence-corrected chi connectivity index (χ1v) is 20.7. The van der Waals surface area contributed by atoms with E-state index in [1.165, 1.54) is 128 Å². The zero-order valence-electron chi connectivity index (χ0n) is 31.7. The van der Waals surface area contributed by atoms with Crippen LogP contribution in [-0.2, 0) is 14.3 Å². The van der Waals surface area contributed by atoms with Gasteiger partial charge in [-0.05, 0) is 12.8 Å². The summed E-state index contributed by atoms with van der Waals surface area (Å²) in [5.41, 5.74) is 0. The molecule has 0 aromatic heterocycles. The van der Waals surface area contributed by atoms with E-state index in [0.717, 1.165) is 38.5 Å². The summed E-state index contributed by atoms with van der Waals surface area (Å²) in [4.78, 5) is 12.9. The lowest BCUT2D eigenvalue weighted by atomic mass is 9.99. The monoisotopic (exact) mass is 702 g/mol. The minimum Gasteiger partial charge on any atom is -0.394 e.